The third-order valence-corrected chi connectivity index (χ3v) is 6.08. The van der Waals surface area contributed by atoms with E-state index < -0.39 is 15.9 Å². The first-order valence-electron chi connectivity index (χ1n) is 8.00. The topological polar surface area (TPSA) is 78.5 Å². The van der Waals surface area contributed by atoms with Gasteiger partial charge < -0.3 is 10.6 Å². The van der Waals surface area contributed by atoms with Crippen LogP contribution in [-0.4, -0.2) is 50.6 Å². The highest BCUT2D eigenvalue weighted by molar-refractivity contribution is 7.89. The number of amides is 1. The standard InChI is InChI=1S/C16H25N3O3S/c1-3-14-4-6-15(7-5-14)18-16(20)13(2)12-23(21,22)19-10-8-17-9-11-19/h4-7,13,17H,3,8-12H2,1-2H3,(H,18,20). The van der Waals surface area contributed by atoms with Crippen molar-refractivity contribution in [2.24, 2.45) is 5.92 Å². The van der Waals surface area contributed by atoms with E-state index in [0.717, 1.165) is 6.42 Å². The Morgan fingerprint density at radius 2 is 1.87 bits per heavy atom. The second-order valence-electron chi connectivity index (χ2n) is 5.87. The van der Waals surface area contributed by atoms with Crippen LogP contribution in [0.4, 0.5) is 5.69 Å². The first-order valence-corrected chi connectivity index (χ1v) is 9.61. The Hall–Kier alpha value is -1.44. The Morgan fingerprint density at radius 1 is 1.26 bits per heavy atom. The van der Waals surface area contributed by atoms with Gasteiger partial charge in [-0.25, -0.2) is 8.42 Å². The van der Waals surface area contributed by atoms with Gasteiger partial charge in [0.1, 0.15) is 0 Å². The summed E-state index contributed by atoms with van der Waals surface area (Å²) in [5, 5.41) is 5.90. The van der Waals surface area contributed by atoms with Crippen LogP contribution >= 0.6 is 0 Å². The number of benzene rings is 1. The van der Waals surface area contributed by atoms with E-state index >= 15 is 0 Å². The van der Waals surface area contributed by atoms with Gasteiger partial charge in [-0.05, 0) is 24.1 Å². The molecule has 23 heavy (non-hydrogen) atoms. The maximum Gasteiger partial charge on any atom is 0.228 e. The number of aryl methyl sites for hydroxylation is 1. The Balaban J connectivity index is 1.93. The van der Waals surface area contributed by atoms with Crippen LogP contribution in [0.5, 0.6) is 0 Å². The highest BCUT2D eigenvalue weighted by Gasteiger charge is 2.28. The molecule has 0 aromatic heterocycles. The van der Waals surface area contributed by atoms with Crippen molar-refractivity contribution < 1.29 is 13.2 Å². The molecule has 0 aliphatic carbocycles. The van der Waals surface area contributed by atoms with Gasteiger partial charge in [0.2, 0.25) is 15.9 Å². The lowest BCUT2D eigenvalue weighted by Crippen LogP contribution is -2.48. The molecular weight excluding hydrogens is 314 g/mol. The van der Waals surface area contributed by atoms with E-state index in [4.69, 9.17) is 0 Å². The van der Waals surface area contributed by atoms with E-state index in [0.29, 0.717) is 31.9 Å². The minimum Gasteiger partial charge on any atom is -0.326 e. The maximum absolute atomic E-state index is 12.4. The molecule has 0 spiro atoms. The summed E-state index contributed by atoms with van der Waals surface area (Å²) in [4.78, 5) is 12.2. The van der Waals surface area contributed by atoms with Gasteiger partial charge in [-0.3, -0.25) is 4.79 Å². The number of anilines is 1. The predicted octanol–water partition coefficient (Wildman–Crippen LogP) is 1.06. The van der Waals surface area contributed by atoms with Crippen molar-refractivity contribution in [3.8, 4) is 0 Å². The number of carbonyl (C=O) groups is 1. The summed E-state index contributed by atoms with van der Waals surface area (Å²) in [6, 6.07) is 7.60. The second kappa shape index (κ2) is 7.90. The first kappa shape index (κ1) is 17.9. The van der Waals surface area contributed by atoms with Crippen LogP contribution < -0.4 is 10.6 Å². The van der Waals surface area contributed by atoms with Crippen LogP contribution in [0.15, 0.2) is 24.3 Å². The van der Waals surface area contributed by atoms with Gasteiger partial charge in [-0.2, -0.15) is 4.31 Å². The quantitative estimate of drug-likeness (QED) is 0.812. The molecule has 0 radical (unpaired) electrons. The summed E-state index contributed by atoms with van der Waals surface area (Å²) in [7, 11) is -3.40. The molecule has 0 saturated carbocycles. The van der Waals surface area contributed by atoms with Crippen LogP contribution in [0, 0.1) is 5.92 Å². The average Bonchev–Trinajstić information content (AvgIpc) is 2.56. The molecule has 1 fully saturated rings. The highest BCUT2D eigenvalue weighted by atomic mass is 32.2. The molecule has 1 heterocycles. The zero-order valence-electron chi connectivity index (χ0n) is 13.7. The van der Waals surface area contributed by atoms with Gasteiger partial charge in [-0.1, -0.05) is 26.0 Å². The van der Waals surface area contributed by atoms with Gasteiger partial charge in [0.25, 0.3) is 0 Å². The number of hydrogen-bond donors (Lipinski definition) is 2. The van der Waals surface area contributed by atoms with E-state index in [1.807, 2.05) is 24.3 Å². The summed E-state index contributed by atoms with van der Waals surface area (Å²) in [6.45, 7) is 5.96. The molecule has 2 rings (SSSR count). The molecule has 1 atom stereocenters. The van der Waals surface area contributed by atoms with Crippen LogP contribution in [0.25, 0.3) is 0 Å². The molecule has 1 aliphatic rings. The van der Waals surface area contributed by atoms with Crippen molar-refractivity contribution in [1.29, 1.82) is 0 Å². The minimum atomic E-state index is -3.40. The van der Waals surface area contributed by atoms with Crippen LogP contribution in [0.2, 0.25) is 0 Å². The minimum absolute atomic E-state index is 0.161. The zero-order valence-corrected chi connectivity index (χ0v) is 14.5. The van der Waals surface area contributed by atoms with E-state index in [1.54, 1.807) is 6.92 Å². The Labute approximate surface area is 138 Å². The molecule has 1 aromatic carbocycles. The molecule has 1 amide bonds. The smallest absolute Gasteiger partial charge is 0.228 e. The summed E-state index contributed by atoms with van der Waals surface area (Å²) in [6.07, 6.45) is 0.938. The first-order chi connectivity index (χ1) is 10.9. The van der Waals surface area contributed by atoms with Crippen LogP contribution in [-0.2, 0) is 21.2 Å². The monoisotopic (exact) mass is 339 g/mol. The summed E-state index contributed by atoms with van der Waals surface area (Å²) in [5.41, 5.74) is 1.89. The van der Waals surface area contributed by atoms with Crippen molar-refractivity contribution in [1.82, 2.24) is 9.62 Å². The van der Waals surface area contributed by atoms with Crippen molar-refractivity contribution >= 4 is 21.6 Å². The lowest BCUT2D eigenvalue weighted by atomic mass is 10.1. The number of sulfonamides is 1. The highest BCUT2D eigenvalue weighted by Crippen LogP contribution is 2.14. The number of nitrogens with one attached hydrogen (secondary N) is 2. The van der Waals surface area contributed by atoms with Gasteiger partial charge in [-0.15, -0.1) is 0 Å². The average molecular weight is 339 g/mol. The molecule has 6 nitrogen and oxygen atoms in total. The molecule has 1 unspecified atom stereocenters. The summed E-state index contributed by atoms with van der Waals surface area (Å²) >= 11 is 0. The summed E-state index contributed by atoms with van der Waals surface area (Å²) < 4.78 is 26.2. The van der Waals surface area contributed by atoms with E-state index in [-0.39, 0.29) is 11.7 Å². The van der Waals surface area contributed by atoms with Crippen LogP contribution in [0.1, 0.15) is 19.4 Å². The predicted molar refractivity (Wildman–Crippen MR) is 91.8 cm³/mol. The number of hydrogen-bond acceptors (Lipinski definition) is 4. The van der Waals surface area contributed by atoms with Crippen molar-refractivity contribution in [2.45, 2.75) is 20.3 Å². The Bertz CT molecular complexity index is 622. The van der Waals surface area contributed by atoms with Gasteiger partial charge >= 0.3 is 0 Å². The van der Waals surface area contributed by atoms with Gasteiger partial charge in [0, 0.05) is 31.9 Å². The van der Waals surface area contributed by atoms with Gasteiger partial charge in [0.15, 0.2) is 0 Å². The molecule has 128 valence electrons. The van der Waals surface area contributed by atoms with E-state index in [9.17, 15) is 13.2 Å². The zero-order chi connectivity index (χ0) is 16.9. The number of rotatable bonds is 6. The Morgan fingerprint density at radius 3 is 2.43 bits per heavy atom. The largest absolute Gasteiger partial charge is 0.326 e. The molecule has 2 N–H and O–H groups in total. The lowest BCUT2D eigenvalue weighted by Gasteiger charge is -2.27. The van der Waals surface area contributed by atoms with Crippen LogP contribution in [0.3, 0.4) is 0 Å². The fraction of sp³-hybridized carbons (Fsp3) is 0.562. The van der Waals surface area contributed by atoms with Crippen molar-refractivity contribution in [3.05, 3.63) is 29.8 Å². The molecule has 7 heteroatoms. The van der Waals surface area contributed by atoms with E-state index in [2.05, 4.69) is 17.6 Å². The lowest BCUT2D eigenvalue weighted by molar-refractivity contribution is -0.118. The molecule has 1 aliphatic heterocycles. The second-order valence-corrected chi connectivity index (χ2v) is 7.88. The third-order valence-electron chi connectivity index (χ3n) is 4.01. The molecule has 0 bridgehead atoms. The Kier molecular flexibility index (Phi) is 6.15. The van der Waals surface area contributed by atoms with Crippen molar-refractivity contribution in [2.75, 3.05) is 37.2 Å². The number of carbonyl (C=O) groups excluding carboxylic acids is 1. The normalized spacial score (nSPS) is 17.7. The molecule has 1 aromatic rings. The fourth-order valence-corrected chi connectivity index (χ4v) is 4.24. The maximum atomic E-state index is 12.4. The number of piperazine rings is 1. The third kappa shape index (κ3) is 5.02. The van der Waals surface area contributed by atoms with E-state index in [1.165, 1.54) is 9.87 Å². The summed E-state index contributed by atoms with van der Waals surface area (Å²) in [5.74, 6) is -1.03. The SMILES string of the molecule is CCc1ccc(NC(=O)C(C)CS(=O)(=O)N2CCNCC2)cc1. The fourth-order valence-electron chi connectivity index (χ4n) is 2.51. The van der Waals surface area contributed by atoms with Crippen molar-refractivity contribution in [3.63, 3.8) is 0 Å². The van der Waals surface area contributed by atoms with Gasteiger partial charge in [0.05, 0.1) is 11.7 Å². The molecule has 1 saturated heterocycles. The number of nitrogens with zero attached hydrogens (tertiary/aromatic N) is 1. The molecular formula is C16H25N3O3S.